The molecular formula is C9H9FO2. The van der Waals surface area contributed by atoms with E-state index in [2.05, 4.69) is 0 Å². The molecule has 0 unspecified atom stereocenters. The maximum Gasteiger partial charge on any atom is 0.184 e. The number of benzene rings is 1. The third-order valence-electron chi connectivity index (χ3n) is 1.74. The maximum absolute atomic E-state index is 12.7. The first-order chi connectivity index (χ1) is 5.86. The minimum atomic E-state index is -0.374. The van der Waals surface area contributed by atoms with Gasteiger partial charge in [-0.15, -0.1) is 0 Å². The molecule has 1 aliphatic heterocycles. The Morgan fingerprint density at radius 3 is 2.67 bits per heavy atom. The molecule has 1 heterocycles. The van der Waals surface area contributed by atoms with E-state index in [9.17, 15) is 4.39 Å². The molecule has 3 heteroatoms. The smallest absolute Gasteiger partial charge is 0.184 e. The fraction of sp³-hybridized carbons (Fsp3) is 0.333. The monoisotopic (exact) mass is 168 g/mol. The van der Waals surface area contributed by atoms with Crippen LogP contribution >= 0.6 is 0 Å². The van der Waals surface area contributed by atoms with Crippen molar-refractivity contribution in [1.82, 2.24) is 0 Å². The van der Waals surface area contributed by atoms with Crippen molar-refractivity contribution in [2.75, 3.05) is 13.2 Å². The van der Waals surface area contributed by atoms with Gasteiger partial charge >= 0.3 is 0 Å². The fourth-order valence-corrected chi connectivity index (χ4v) is 1.20. The minimum Gasteiger partial charge on any atom is -0.346 e. The first kappa shape index (κ1) is 7.71. The summed E-state index contributed by atoms with van der Waals surface area (Å²) in [6, 6.07) is 6.27. The largest absolute Gasteiger partial charge is 0.346 e. The zero-order valence-electron chi connectivity index (χ0n) is 6.50. The quantitative estimate of drug-likeness (QED) is 0.637. The van der Waals surface area contributed by atoms with Crippen molar-refractivity contribution >= 4 is 0 Å². The molecule has 2 nitrogen and oxygen atoms in total. The molecule has 1 aliphatic rings. The van der Waals surface area contributed by atoms with Crippen LogP contribution in [-0.2, 0) is 9.47 Å². The summed E-state index contributed by atoms with van der Waals surface area (Å²) in [5.41, 5.74) is 0.743. The van der Waals surface area contributed by atoms with E-state index in [4.69, 9.17) is 9.47 Å². The van der Waals surface area contributed by atoms with E-state index < -0.39 is 0 Å². The summed E-state index contributed by atoms with van der Waals surface area (Å²) >= 11 is 0. The zero-order valence-corrected chi connectivity index (χ0v) is 6.50. The average Bonchev–Trinajstić information content (AvgIpc) is 2.56. The van der Waals surface area contributed by atoms with Crippen molar-refractivity contribution in [1.29, 1.82) is 0 Å². The first-order valence-corrected chi connectivity index (χ1v) is 3.85. The highest BCUT2D eigenvalue weighted by Crippen LogP contribution is 2.23. The Hall–Kier alpha value is -0.930. The SMILES string of the molecule is Fc1cccc(C2OCCO2)c1. The van der Waals surface area contributed by atoms with Gasteiger partial charge in [0.15, 0.2) is 6.29 Å². The zero-order chi connectivity index (χ0) is 8.39. The lowest BCUT2D eigenvalue weighted by molar-refractivity contribution is -0.0443. The second kappa shape index (κ2) is 3.21. The van der Waals surface area contributed by atoms with Crippen LogP contribution in [-0.4, -0.2) is 13.2 Å². The van der Waals surface area contributed by atoms with Gasteiger partial charge in [0.2, 0.25) is 0 Å². The third kappa shape index (κ3) is 1.47. The van der Waals surface area contributed by atoms with Crippen molar-refractivity contribution < 1.29 is 13.9 Å². The Morgan fingerprint density at radius 2 is 2.00 bits per heavy atom. The van der Waals surface area contributed by atoms with E-state index in [0.717, 1.165) is 5.56 Å². The normalized spacial score (nSPS) is 18.4. The fourth-order valence-electron chi connectivity index (χ4n) is 1.20. The maximum atomic E-state index is 12.7. The van der Waals surface area contributed by atoms with Crippen molar-refractivity contribution in [3.8, 4) is 0 Å². The van der Waals surface area contributed by atoms with Crippen LogP contribution in [0.2, 0.25) is 0 Å². The van der Waals surface area contributed by atoms with Gasteiger partial charge in [0, 0.05) is 5.56 Å². The number of hydrogen-bond acceptors (Lipinski definition) is 2. The Balaban J connectivity index is 2.21. The molecule has 12 heavy (non-hydrogen) atoms. The molecular weight excluding hydrogens is 159 g/mol. The summed E-state index contributed by atoms with van der Waals surface area (Å²) in [6.45, 7) is 1.17. The molecule has 0 saturated carbocycles. The van der Waals surface area contributed by atoms with Crippen LogP contribution in [0.1, 0.15) is 11.9 Å². The van der Waals surface area contributed by atoms with Gasteiger partial charge < -0.3 is 9.47 Å². The molecule has 1 aromatic carbocycles. The van der Waals surface area contributed by atoms with E-state index in [1.807, 2.05) is 0 Å². The molecule has 2 rings (SSSR count). The Kier molecular flexibility index (Phi) is 2.06. The van der Waals surface area contributed by atoms with E-state index in [1.54, 1.807) is 12.1 Å². The molecule has 0 N–H and O–H groups in total. The van der Waals surface area contributed by atoms with E-state index in [1.165, 1.54) is 12.1 Å². The number of hydrogen-bond donors (Lipinski definition) is 0. The van der Waals surface area contributed by atoms with Crippen LogP contribution in [0.15, 0.2) is 24.3 Å². The standard InChI is InChI=1S/C9H9FO2/c10-8-3-1-2-7(6-8)9-11-4-5-12-9/h1-3,6,9H,4-5H2. The van der Waals surface area contributed by atoms with Gasteiger partial charge in [-0.1, -0.05) is 12.1 Å². The van der Waals surface area contributed by atoms with Crippen molar-refractivity contribution in [3.05, 3.63) is 35.6 Å². The van der Waals surface area contributed by atoms with E-state index in [0.29, 0.717) is 13.2 Å². The number of ether oxygens (including phenoxy) is 2. The van der Waals surface area contributed by atoms with Crippen LogP contribution in [0.25, 0.3) is 0 Å². The lowest BCUT2D eigenvalue weighted by Crippen LogP contribution is -1.97. The molecule has 1 fully saturated rings. The van der Waals surface area contributed by atoms with Gasteiger partial charge in [-0.3, -0.25) is 0 Å². The molecule has 1 aromatic rings. The number of rotatable bonds is 1. The molecule has 64 valence electrons. The average molecular weight is 168 g/mol. The van der Waals surface area contributed by atoms with Crippen LogP contribution in [0.5, 0.6) is 0 Å². The van der Waals surface area contributed by atoms with Gasteiger partial charge in [0.05, 0.1) is 13.2 Å². The summed E-state index contributed by atoms with van der Waals surface area (Å²) in [7, 11) is 0. The predicted molar refractivity (Wildman–Crippen MR) is 41.0 cm³/mol. The molecule has 0 spiro atoms. The Bertz CT molecular complexity index is 269. The topological polar surface area (TPSA) is 18.5 Å². The van der Waals surface area contributed by atoms with Gasteiger partial charge in [0.25, 0.3) is 0 Å². The molecule has 1 saturated heterocycles. The second-order valence-corrected chi connectivity index (χ2v) is 2.63. The molecule has 0 aliphatic carbocycles. The molecule has 0 aromatic heterocycles. The first-order valence-electron chi connectivity index (χ1n) is 3.85. The molecule has 0 atom stereocenters. The predicted octanol–water partition coefficient (Wildman–Crippen LogP) is 1.87. The van der Waals surface area contributed by atoms with Crippen molar-refractivity contribution in [2.45, 2.75) is 6.29 Å². The Morgan fingerprint density at radius 1 is 1.25 bits per heavy atom. The van der Waals surface area contributed by atoms with Crippen molar-refractivity contribution in [2.24, 2.45) is 0 Å². The third-order valence-corrected chi connectivity index (χ3v) is 1.74. The summed E-state index contributed by atoms with van der Waals surface area (Å²) in [5.74, 6) is -0.258. The highest BCUT2D eigenvalue weighted by Gasteiger charge is 2.17. The van der Waals surface area contributed by atoms with Gasteiger partial charge in [-0.2, -0.15) is 0 Å². The Labute approximate surface area is 69.9 Å². The van der Waals surface area contributed by atoms with Crippen LogP contribution in [0.4, 0.5) is 4.39 Å². The summed E-state index contributed by atoms with van der Waals surface area (Å²) < 4.78 is 23.1. The summed E-state index contributed by atoms with van der Waals surface area (Å²) in [4.78, 5) is 0. The second-order valence-electron chi connectivity index (χ2n) is 2.63. The van der Waals surface area contributed by atoms with Crippen molar-refractivity contribution in [3.63, 3.8) is 0 Å². The van der Waals surface area contributed by atoms with Crippen LogP contribution in [0.3, 0.4) is 0 Å². The highest BCUT2D eigenvalue weighted by molar-refractivity contribution is 5.17. The van der Waals surface area contributed by atoms with Gasteiger partial charge in [0.1, 0.15) is 5.82 Å². The van der Waals surface area contributed by atoms with Crippen LogP contribution in [0, 0.1) is 5.82 Å². The minimum absolute atomic E-state index is 0.258. The summed E-state index contributed by atoms with van der Waals surface area (Å²) in [5, 5.41) is 0. The van der Waals surface area contributed by atoms with Gasteiger partial charge in [-0.25, -0.2) is 4.39 Å². The lowest BCUT2D eigenvalue weighted by atomic mass is 10.2. The number of halogens is 1. The van der Waals surface area contributed by atoms with Crippen LogP contribution < -0.4 is 0 Å². The molecule has 0 radical (unpaired) electrons. The van der Waals surface area contributed by atoms with E-state index in [-0.39, 0.29) is 12.1 Å². The van der Waals surface area contributed by atoms with Gasteiger partial charge in [-0.05, 0) is 12.1 Å². The lowest BCUT2D eigenvalue weighted by Gasteiger charge is -2.08. The molecule has 0 amide bonds. The molecule has 0 bridgehead atoms. The van der Waals surface area contributed by atoms with E-state index >= 15 is 0 Å². The highest BCUT2D eigenvalue weighted by atomic mass is 19.1. The summed E-state index contributed by atoms with van der Waals surface area (Å²) in [6.07, 6.45) is -0.374.